The van der Waals surface area contributed by atoms with Gasteiger partial charge in [0.15, 0.2) is 0 Å². The lowest BCUT2D eigenvalue weighted by Crippen LogP contribution is -2.50. The number of pyridine rings is 1. The molecule has 0 radical (unpaired) electrons. The van der Waals surface area contributed by atoms with Gasteiger partial charge in [0.25, 0.3) is 0 Å². The van der Waals surface area contributed by atoms with Crippen molar-refractivity contribution in [3.05, 3.63) is 41.4 Å². The van der Waals surface area contributed by atoms with Gasteiger partial charge in [0.05, 0.1) is 4.88 Å². The molecule has 0 aliphatic carbocycles. The molecule has 3 aromatic rings. The maximum atomic E-state index is 12.9. The molecule has 29 heavy (non-hydrogen) atoms. The molecule has 0 aliphatic rings. The van der Waals surface area contributed by atoms with Gasteiger partial charge in [0.1, 0.15) is 22.0 Å². The molecule has 0 aromatic carbocycles. The maximum Gasteiger partial charge on any atom is 0.345 e. The zero-order valence-corrected chi connectivity index (χ0v) is 18.5. The first-order valence-electron chi connectivity index (χ1n) is 9.52. The van der Waals surface area contributed by atoms with Gasteiger partial charge in [0, 0.05) is 18.7 Å². The Morgan fingerprint density at radius 1 is 1.14 bits per heavy atom. The van der Waals surface area contributed by atoms with Crippen LogP contribution in [0.3, 0.4) is 0 Å². The Labute approximate surface area is 174 Å². The zero-order valence-electron chi connectivity index (χ0n) is 17.7. The lowest BCUT2D eigenvalue weighted by atomic mass is 9.80. The van der Waals surface area contributed by atoms with Crippen LogP contribution in [0.1, 0.15) is 57.6 Å². The van der Waals surface area contributed by atoms with Crippen molar-refractivity contribution in [2.24, 2.45) is 5.41 Å². The SMILES string of the molecule is CC(=O)N(c1c(-c2ccc(C(=O)O)s2)nc2ccccn12)C(C)(C)CC(C)(C)C. The third kappa shape index (κ3) is 4.19. The van der Waals surface area contributed by atoms with Crippen LogP contribution in [0.2, 0.25) is 0 Å². The van der Waals surface area contributed by atoms with Crippen LogP contribution in [0.5, 0.6) is 0 Å². The number of carboxylic acid groups (broad SMARTS) is 1. The van der Waals surface area contributed by atoms with E-state index in [9.17, 15) is 14.7 Å². The Morgan fingerprint density at radius 2 is 1.83 bits per heavy atom. The molecule has 0 atom stereocenters. The molecule has 0 saturated heterocycles. The normalized spacial score (nSPS) is 12.3. The molecule has 1 amide bonds. The van der Waals surface area contributed by atoms with Gasteiger partial charge < -0.3 is 5.11 Å². The van der Waals surface area contributed by atoms with Crippen molar-refractivity contribution in [1.29, 1.82) is 0 Å². The first kappa shape index (κ1) is 21.0. The highest BCUT2D eigenvalue weighted by atomic mass is 32.1. The molecule has 3 heterocycles. The molecule has 0 unspecified atom stereocenters. The number of carboxylic acids is 1. The number of aromatic nitrogens is 2. The number of fused-ring (bicyclic) bond motifs is 1. The van der Waals surface area contributed by atoms with Crippen LogP contribution >= 0.6 is 11.3 Å². The number of aromatic carboxylic acids is 1. The summed E-state index contributed by atoms with van der Waals surface area (Å²) in [6.07, 6.45) is 2.67. The molecule has 0 bridgehead atoms. The molecule has 3 aromatic heterocycles. The molecule has 0 aliphatic heterocycles. The van der Waals surface area contributed by atoms with Crippen molar-refractivity contribution in [2.45, 2.75) is 53.5 Å². The molecule has 7 heteroatoms. The first-order valence-corrected chi connectivity index (χ1v) is 10.3. The van der Waals surface area contributed by atoms with E-state index in [0.29, 0.717) is 17.2 Å². The number of amides is 1. The largest absolute Gasteiger partial charge is 0.477 e. The second-order valence-corrected chi connectivity index (χ2v) is 10.2. The second-order valence-electron chi connectivity index (χ2n) is 9.09. The number of nitrogens with zero attached hydrogens (tertiary/aromatic N) is 3. The van der Waals surface area contributed by atoms with Gasteiger partial charge in [0.2, 0.25) is 5.91 Å². The van der Waals surface area contributed by atoms with Crippen molar-refractivity contribution in [3.8, 4) is 10.6 Å². The molecule has 154 valence electrons. The Balaban J connectivity index is 2.27. The van der Waals surface area contributed by atoms with E-state index in [1.807, 2.05) is 28.8 Å². The Kier molecular flexibility index (Phi) is 5.30. The number of rotatable bonds is 5. The maximum absolute atomic E-state index is 12.9. The number of hydrogen-bond donors (Lipinski definition) is 1. The number of thiophene rings is 1. The van der Waals surface area contributed by atoms with Crippen molar-refractivity contribution in [3.63, 3.8) is 0 Å². The number of anilines is 1. The van der Waals surface area contributed by atoms with E-state index in [-0.39, 0.29) is 16.2 Å². The number of carbonyl (C=O) groups is 2. The van der Waals surface area contributed by atoms with E-state index in [1.54, 1.807) is 24.0 Å². The average Bonchev–Trinajstić information content (AvgIpc) is 3.17. The van der Waals surface area contributed by atoms with E-state index >= 15 is 0 Å². The fourth-order valence-electron chi connectivity index (χ4n) is 4.18. The van der Waals surface area contributed by atoms with E-state index in [4.69, 9.17) is 4.98 Å². The summed E-state index contributed by atoms with van der Waals surface area (Å²) in [6, 6.07) is 9.01. The summed E-state index contributed by atoms with van der Waals surface area (Å²) in [5, 5.41) is 9.33. The molecule has 0 saturated carbocycles. The van der Waals surface area contributed by atoms with Gasteiger partial charge in [-0.05, 0) is 49.9 Å². The minimum atomic E-state index is -0.969. The van der Waals surface area contributed by atoms with Gasteiger partial charge in [-0.1, -0.05) is 26.8 Å². The highest BCUT2D eigenvalue weighted by molar-refractivity contribution is 7.17. The molecule has 6 nitrogen and oxygen atoms in total. The standard InChI is InChI=1S/C22H27N3O3S/c1-14(26)25(22(5,6)13-21(2,3)4)19-18(15-10-11-16(29-15)20(27)28)23-17-9-7-8-12-24(17)19/h7-12H,13H2,1-6H3,(H,27,28). The van der Waals surface area contributed by atoms with Crippen molar-refractivity contribution in [1.82, 2.24) is 9.38 Å². The first-order chi connectivity index (χ1) is 13.4. The van der Waals surface area contributed by atoms with Gasteiger partial charge in [-0.2, -0.15) is 0 Å². The Hall–Kier alpha value is -2.67. The quantitative estimate of drug-likeness (QED) is 0.613. The highest BCUT2D eigenvalue weighted by Crippen LogP contribution is 2.41. The third-order valence-electron chi connectivity index (χ3n) is 4.65. The summed E-state index contributed by atoms with van der Waals surface area (Å²) >= 11 is 1.16. The van der Waals surface area contributed by atoms with Crippen LogP contribution in [-0.2, 0) is 4.79 Å². The van der Waals surface area contributed by atoms with Crippen LogP contribution < -0.4 is 4.90 Å². The minimum absolute atomic E-state index is 0.0112. The lowest BCUT2D eigenvalue weighted by Gasteiger charge is -2.41. The number of carbonyl (C=O) groups excluding carboxylic acids is 1. The van der Waals surface area contributed by atoms with Crippen molar-refractivity contribution in [2.75, 3.05) is 4.90 Å². The fourth-order valence-corrected chi connectivity index (χ4v) is 5.01. The summed E-state index contributed by atoms with van der Waals surface area (Å²) in [5.41, 5.74) is 0.862. The predicted octanol–water partition coefficient (Wildman–Crippen LogP) is 5.33. The zero-order chi connectivity index (χ0) is 21.6. The van der Waals surface area contributed by atoms with E-state index in [1.165, 1.54) is 0 Å². The molecular formula is C22H27N3O3S. The number of imidazole rings is 1. The summed E-state index contributed by atoms with van der Waals surface area (Å²) in [7, 11) is 0. The van der Waals surface area contributed by atoms with Crippen molar-refractivity contribution >= 4 is 34.7 Å². The fraction of sp³-hybridized carbons (Fsp3) is 0.409. The van der Waals surface area contributed by atoms with Crippen LogP contribution in [0.15, 0.2) is 36.5 Å². The third-order valence-corrected chi connectivity index (χ3v) is 5.73. The molecule has 1 N–H and O–H groups in total. The van der Waals surface area contributed by atoms with E-state index in [0.717, 1.165) is 22.6 Å². The van der Waals surface area contributed by atoms with Gasteiger partial charge >= 0.3 is 5.97 Å². The molecular weight excluding hydrogens is 386 g/mol. The summed E-state index contributed by atoms with van der Waals surface area (Å²) in [4.78, 5) is 31.8. The van der Waals surface area contributed by atoms with Crippen LogP contribution in [-0.4, -0.2) is 31.9 Å². The smallest absolute Gasteiger partial charge is 0.345 e. The molecule has 0 fully saturated rings. The minimum Gasteiger partial charge on any atom is -0.477 e. The summed E-state index contributed by atoms with van der Waals surface area (Å²) in [6.45, 7) is 12.1. The lowest BCUT2D eigenvalue weighted by molar-refractivity contribution is -0.117. The Bertz CT molecular complexity index is 1070. The van der Waals surface area contributed by atoms with Gasteiger partial charge in [-0.25, -0.2) is 9.78 Å². The molecule has 3 rings (SSSR count). The summed E-state index contributed by atoms with van der Waals surface area (Å²) < 4.78 is 1.90. The van der Waals surface area contributed by atoms with Crippen molar-refractivity contribution < 1.29 is 14.7 Å². The Morgan fingerprint density at radius 3 is 2.38 bits per heavy atom. The monoisotopic (exact) mass is 413 g/mol. The average molecular weight is 414 g/mol. The number of hydrogen-bond acceptors (Lipinski definition) is 4. The summed E-state index contributed by atoms with van der Waals surface area (Å²) in [5.74, 6) is -0.384. The second kappa shape index (κ2) is 7.30. The van der Waals surface area contributed by atoms with Crippen LogP contribution in [0, 0.1) is 5.41 Å². The molecule has 0 spiro atoms. The van der Waals surface area contributed by atoms with E-state index in [2.05, 4.69) is 34.6 Å². The highest BCUT2D eigenvalue weighted by Gasteiger charge is 2.37. The van der Waals surface area contributed by atoms with Gasteiger partial charge in [-0.15, -0.1) is 11.3 Å². The van der Waals surface area contributed by atoms with Gasteiger partial charge in [-0.3, -0.25) is 14.1 Å². The van der Waals surface area contributed by atoms with E-state index < -0.39 is 11.5 Å². The van der Waals surface area contributed by atoms with Crippen LogP contribution in [0.25, 0.3) is 16.2 Å². The predicted molar refractivity (Wildman–Crippen MR) is 117 cm³/mol. The van der Waals surface area contributed by atoms with Crippen LogP contribution in [0.4, 0.5) is 5.82 Å². The topological polar surface area (TPSA) is 74.9 Å².